The Labute approximate surface area is 128 Å². The van der Waals surface area contributed by atoms with E-state index in [1.165, 1.54) is 25.3 Å². The monoisotopic (exact) mass is 306 g/mol. The molecule has 0 unspecified atom stereocenters. The molecule has 3 N–H and O–H groups in total. The van der Waals surface area contributed by atoms with E-state index in [1.54, 1.807) is 0 Å². The number of carbonyl (C=O) groups excluding carboxylic acids is 1. The highest BCUT2D eigenvalue weighted by Crippen LogP contribution is 2.24. The van der Waals surface area contributed by atoms with Crippen molar-refractivity contribution in [1.82, 2.24) is 15.5 Å². The van der Waals surface area contributed by atoms with Gasteiger partial charge in [0.15, 0.2) is 0 Å². The van der Waals surface area contributed by atoms with Crippen molar-refractivity contribution in [2.75, 3.05) is 12.4 Å². The van der Waals surface area contributed by atoms with Gasteiger partial charge in [0.05, 0.1) is 18.5 Å². The lowest BCUT2D eigenvalue weighted by Crippen LogP contribution is -2.37. The van der Waals surface area contributed by atoms with Crippen molar-refractivity contribution < 1.29 is 13.9 Å². The summed E-state index contributed by atoms with van der Waals surface area (Å²) in [6, 6.07) is 5.31. The van der Waals surface area contributed by atoms with Gasteiger partial charge in [0.25, 0.3) is 0 Å². The van der Waals surface area contributed by atoms with E-state index < -0.39 is 11.8 Å². The number of anilines is 1. The number of aryl methyl sites for hydroxylation is 1. The number of H-pyrrole nitrogens is 1. The van der Waals surface area contributed by atoms with Gasteiger partial charge in [-0.3, -0.25) is 5.10 Å². The Morgan fingerprint density at radius 1 is 1.45 bits per heavy atom. The number of ether oxygens (including phenoxy) is 1. The van der Waals surface area contributed by atoms with Crippen LogP contribution in [0.4, 0.5) is 14.9 Å². The number of aromatic amines is 1. The molecule has 0 fully saturated rings. The minimum atomic E-state index is -0.448. The molecular formula is C15H19FN4O2. The van der Waals surface area contributed by atoms with Crippen LogP contribution in [-0.2, 0) is 6.42 Å². The van der Waals surface area contributed by atoms with Crippen molar-refractivity contribution in [2.45, 2.75) is 26.3 Å². The highest BCUT2D eigenvalue weighted by atomic mass is 19.1. The first-order valence-electron chi connectivity index (χ1n) is 6.90. The van der Waals surface area contributed by atoms with E-state index in [-0.39, 0.29) is 11.7 Å². The molecule has 0 aliphatic heterocycles. The van der Waals surface area contributed by atoms with Gasteiger partial charge in [-0.15, -0.1) is 0 Å². The van der Waals surface area contributed by atoms with E-state index in [0.29, 0.717) is 12.2 Å². The molecule has 22 heavy (non-hydrogen) atoms. The number of methoxy groups -OCH3 is 1. The zero-order valence-electron chi connectivity index (χ0n) is 12.7. The van der Waals surface area contributed by atoms with E-state index >= 15 is 0 Å². The third-order valence-electron chi connectivity index (χ3n) is 3.06. The number of rotatable bonds is 5. The number of halogens is 1. The average Bonchev–Trinajstić information content (AvgIpc) is 2.83. The van der Waals surface area contributed by atoms with Crippen molar-refractivity contribution in [2.24, 2.45) is 0 Å². The summed E-state index contributed by atoms with van der Waals surface area (Å²) in [5.41, 5.74) is 2.12. The lowest BCUT2D eigenvalue weighted by Gasteiger charge is -2.15. The maximum Gasteiger partial charge on any atom is 0.319 e. The van der Waals surface area contributed by atoms with Gasteiger partial charge in [0.2, 0.25) is 0 Å². The van der Waals surface area contributed by atoms with Gasteiger partial charge in [-0.25, -0.2) is 9.18 Å². The molecular weight excluding hydrogens is 287 g/mol. The summed E-state index contributed by atoms with van der Waals surface area (Å²) in [7, 11) is 1.46. The number of urea groups is 1. The van der Waals surface area contributed by atoms with Gasteiger partial charge >= 0.3 is 6.03 Å². The van der Waals surface area contributed by atoms with Crippen molar-refractivity contribution >= 4 is 11.7 Å². The van der Waals surface area contributed by atoms with Gasteiger partial charge < -0.3 is 15.4 Å². The first-order chi connectivity index (χ1) is 10.5. The fraction of sp³-hybridized carbons (Fsp3) is 0.333. The smallest absolute Gasteiger partial charge is 0.319 e. The summed E-state index contributed by atoms with van der Waals surface area (Å²) in [6.45, 7) is 3.78. The van der Waals surface area contributed by atoms with Gasteiger partial charge in [-0.2, -0.15) is 5.10 Å². The molecule has 0 radical (unpaired) electrons. The summed E-state index contributed by atoms with van der Waals surface area (Å²) >= 11 is 0. The number of nitrogens with one attached hydrogen (secondary N) is 3. The molecule has 2 aromatic rings. The van der Waals surface area contributed by atoms with Crippen molar-refractivity contribution in [3.05, 3.63) is 41.5 Å². The number of aromatic nitrogens is 2. The molecule has 1 atom stereocenters. The average molecular weight is 306 g/mol. The molecule has 0 spiro atoms. The number of hydrogen-bond acceptors (Lipinski definition) is 3. The molecule has 0 aliphatic rings. The van der Waals surface area contributed by atoms with Gasteiger partial charge in [-0.05, 0) is 32.0 Å². The normalized spacial score (nSPS) is 11.8. The molecule has 0 aliphatic carbocycles. The Kier molecular flexibility index (Phi) is 4.98. The number of carbonyl (C=O) groups is 1. The molecule has 1 aromatic carbocycles. The van der Waals surface area contributed by atoms with Crippen LogP contribution in [0.3, 0.4) is 0 Å². The third kappa shape index (κ3) is 4.21. The van der Waals surface area contributed by atoms with Gasteiger partial charge in [0.1, 0.15) is 11.6 Å². The van der Waals surface area contributed by atoms with Crippen molar-refractivity contribution in [3.8, 4) is 5.75 Å². The summed E-state index contributed by atoms with van der Waals surface area (Å²) < 4.78 is 18.3. The topological polar surface area (TPSA) is 79.0 Å². The summed E-state index contributed by atoms with van der Waals surface area (Å²) in [5.74, 6) is -0.0525. The van der Waals surface area contributed by atoms with Gasteiger partial charge in [-0.1, -0.05) is 0 Å². The largest absolute Gasteiger partial charge is 0.495 e. The lowest BCUT2D eigenvalue weighted by molar-refractivity contribution is 0.249. The van der Waals surface area contributed by atoms with E-state index in [0.717, 1.165) is 11.4 Å². The fourth-order valence-electron chi connectivity index (χ4n) is 2.10. The molecule has 6 nitrogen and oxygen atoms in total. The second kappa shape index (κ2) is 6.93. The standard InChI is InChI=1S/C15H19FN4O2/c1-9(6-12-7-10(2)19-20-12)17-15(21)18-13-8-11(16)4-5-14(13)22-3/h4-5,7-9H,6H2,1-3H3,(H,19,20)(H2,17,18,21)/t9-/m0/s1. The first-order valence-corrected chi connectivity index (χ1v) is 6.90. The minimum absolute atomic E-state index is 0.123. The zero-order valence-corrected chi connectivity index (χ0v) is 12.7. The van der Waals surface area contributed by atoms with Crippen LogP contribution in [0.2, 0.25) is 0 Å². The summed E-state index contributed by atoms with van der Waals surface area (Å²) in [6.07, 6.45) is 0.595. The Morgan fingerprint density at radius 3 is 2.86 bits per heavy atom. The molecule has 0 saturated carbocycles. The van der Waals surface area contributed by atoms with Crippen molar-refractivity contribution in [3.63, 3.8) is 0 Å². The van der Waals surface area contributed by atoms with E-state index in [4.69, 9.17) is 4.74 Å². The highest BCUT2D eigenvalue weighted by molar-refractivity contribution is 5.91. The van der Waals surface area contributed by atoms with Crippen LogP contribution >= 0.6 is 0 Å². The lowest BCUT2D eigenvalue weighted by atomic mass is 10.2. The summed E-state index contributed by atoms with van der Waals surface area (Å²) in [5, 5.41) is 12.3. The fourth-order valence-corrected chi connectivity index (χ4v) is 2.10. The number of nitrogens with zero attached hydrogens (tertiary/aromatic N) is 1. The van der Waals surface area contributed by atoms with E-state index in [9.17, 15) is 9.18 Å². The maximum absolute atomic E-state index is 13.2. The zero-order chi connectivity index (χ0) is 16.1. The molecule has 2 rings (SSSR count). The first kappa shape index (κ1) is 15.8. The Bertz CT molecular complexity index is 657. The third-order valence-corrected chi connectivity index (χ3v) is 3.06. The molecule has 2 amide bonds. The summed E-state index contributed by atoms with van der Waals surface area (Å²) in [4.78, 5) is 12.0. The number of hydrogen-bond donors (Lipinski definition) is 3. The molecule has 118 valence electrons. The highest BCUT2D eigenvalue weighted by Gasteiger charge is 2.12. The molecule has 1 aromatic heterocycles. The second-order valence-electron chi connectivity index (χ2n) is 5.09. The van der Waals surface area contributed by atoms with Crippen LogP contribution in [0, 0.1) is 12.7 Å². The van der Waals surface area contributed by atoms with Crippen molar-refractivity contribution in [1.29, 1.82) is 0 Å². The van der Waals surface area contributed by atoms with Crippen LogP contribution in [-0.4, -0.2) is 29.4 Å². The molecule has 7 heteroatoms. The van der Waals surface area contributed by atoms with E-state index in [2.05, 4.69) is 20.8 Å². The van der Waals surface area contributed by atoms with Crippen LogP contribution < -0.4 is 15.4 Å². The molecule has 0 bridgehead atoms. The second-order valence-corrected chi connectivity index (χ2v) is 5.09. The minimum Gasteiger partial charge on any atom is -0.495 e. The quantitative estimate of drug-likeness (QED) is 0.794. The molecule has 0 saturated heterocycles. The van der Waals surface area contributed by atoms with Crippen LogP contribution in [0.15, 0.2) is 24.3 Å². The molecule has 1 heterocycles. The van der Waals surface area contributed by atoms with Crippen LogP contribution in [0.1, 0.15) is 18.3 Å². The Hall–Kier alpha value is -2.57. The van der Waals surface area contributed by atoms with Crippen LogP contribution in [0.5, 0.6) is 5.75 Å². The van der Waals surface area contributed by atoms with Gasteiger partial charge in [0, 0.05) is 24.2 Å². The Balaban J connectivity index is 1.93. The maximum atomic E-state index is 13.2. The predicted octanol–water partition coefficient (Wildman–Crippen LogP) is 2.62. The van der Waals surface area contributed by atoms with E-state index in [1.807, 2.05) is 19.9 Å². The van der Waals surface area contributed by atoms with Crippen LogP contribution in [0.25, 0.3) is 0 Å². The SMILES string of the molecule is COc1ccc(F)cc1NC(=O)N[C@@H](C)Cc1cc(C)[nH]n1. The number of benzene rings is 1. The predicted molar refractivity (Wildman–Crippen MR) is 81.6 cm³/mol. The Morgan fingerprint density at radius 2 is 2.23 bits per heavy atom. The number of amides is 2.